The van der Waals surface area contributed by atoms with Crippen LogP contribution in [0.15, 0.2) is 60.8 Å². The highest BCUT2D eigenvalue weighted by Gasteiger charge is 2.28. The van der Waals surface area contributed by atoms with Crippen LogP contribution in [0.25, 0.3) is 5.69 Å². The molecule has 0 bridgehead atoms. The van der Waals surface area contributed by atoms with Gasteiger partial charge in [0.25, 0.3) is 0 Å². The number of benzene rings is 2. The molecular weight excluding hydrogens is 415 g/mol. The lowest BCUT2D eigenvalue weighted by Gasteiger charge is -2.27. The molecular formula is C25H24ClFN2O2. The van der Waals surface area contributed by atoms with Gasteiger partial charge in [-0.05, 0) is 61.9 Å². The van der Waals surface area contributed by atoms with Crippen LogP contribution < -0.4 is 0 Å². The first-order chi connectivity index (χ1) is 15.0. The maximum atomic E-state index is 13.9. The van der Waals surface area contributed by atoms with Crippen LogP contribution in [0, 0.1) is 17.7 Å². The number of carbonyl (C=O) groups excluding carboxylic acids is 2. The van der Waals surface area contributed by atoms with Crippen LogP contribution in [-0.2, 0) is 11.2 Å². The summed E-state index contributed by atoms with van der Waals surface area (Å²) in [5, 5.41) is 4.86. The van der Waals surface area contributed by atoms with E-state index in [1.165, 1.54) is 10.7 Å². The van der Waals surface area contributed by atoms with Gasteiger partial charge in [-0.1, -0.05) is 35.9 Å². The van der Waals surface area contributed by atoms with Gasteiger partial charge in [0.2, 0.25) is 0 Å². The second-order valence-electron chi connectivity index (χ2n) is 8.17. The highest BCUT2D eigenvalue weighted by molar-refractivity contribution is 6.33. The molecule has 2 aromatic carbocycles. The van der Waals surface area contributed by atoms with Gasteiger partial charge >= 0.3 is 0 Å². The molecule has 0 spiro atoms. The first kappa shape index (κ1) is 21.4. The van der Waals surface area contributed by atoms with Crippen LogP contribution in [0.4, 0.5) is 4.39 Å². The molecule has 0 saturated heterocycles. The van der Waals surface area contributed by atoms with Crippen molar-refractivity contribution in [1.82, 2.24) is 9.78 Å². The number of para-hydroxylation sites is 1. The largest absolute Gasteiger partial charge is 0.299 e. The summed E-state index contributed by atoms with van der Waals surface area (Å²) in [5.41, 5.74) is 1.59. The summed E-state index contributed by atoms with van der Waals surface area (Å²) >= 11 is 6.13. The fourth-order valence-electron chi connectivity index (χ4n) is 4.30. The summed E-state index contributed by atoms with van der Waals surface area (Å²) < 4.78 is 15.4. The van der Waals surface area contributed by atoms with Crippen LogP contribution in [0.5, 0.6) is 0 Å². The molecule has 31 heavy (non-hydrogen) atoms. The van der Waals surface area contributed by atoms with Gasteiger partial charge in [0.15, 0.2) is 5.78 Å². The smallest absolute Gasteiger partial charge is 0.164 e. The predicted octanol–water partition coefficient (Wildman–Crippen LogP) is 5.86. The monoisotopic (exact) mass is 438 g/mol. The van der Waals surface area contributed by atoms with Crippen LogP contribution in [-0.4, -0.2) is 21.3 Å². The zero-order valence-electron chi connectivity index (χ0n) is 17.1. The van der Waals surface area contributed by atoms with E-state index < -0.39 is 0 Å². The maximum absolute atomic E-state index is 13.9. The molecule has 3 aromatic rings. The molecule has 4 rings (SSSR count). The predicted molar refractivity (Wildman–Crippen MR) is 118 cm³/mol. The van der Waals surface area contributed by atoms with Crippen molar-refractivity contribution in [3.05, 3.63) is 82.9 Å². The average molecular weight is 439 g/mol. The Morgan fingerprint density at radius 2 is 1.71 bits per heavy atom. The summed E-state index contributed by atoms with van der Waals surface area (Å²) in [7, 11) is 0. The Hall–Kier alpha value is -2.79. The molecule has 4 nitrogen and oxygen atoms in total. The molecule has 1 aliphatic rings. The summed E-state index contributed by atoms with van der Waals surface area (Å²) in [6.07, 6.45) is 5.68. The minimum atomic E-state index is -0.354. The number of nitrogens with zero attached hydrogens (tertiary/aromatic N) is 2. The molecule has 0 unspecified atom stereocenters. The molecule has 0 amide bonds. The SMILES string of the molecule is O=C(CC1CCC(C(=O)Cc2ccn(-c3ccccc3F)n2)CC1)c1ccccc1Cl. The van der Waals surface area contributed by atoms with Gasteiger partial charge in [0, 0.05) is 24.1 Å². The number of rotatable bonds is 7. The van der Waals surface area contributed by atoms with Gasteiger partial charge in [0.1, 0.15) is 17.3 Å². The van der Waals surface area contributed by atoms with E-state index in [0.29, 0.717) is 28.4 Å². The number of halogens is 2. The third-order valence-electron chi connectivity index (χ3n) is 6.05. The van der Waals surface area contributed by atoms with E-state index in [1.807, 2.05) is 12.1 Å². The first-order valence-electron chi connectivity index (χ1n) is 10.6. The molecule has 1 aromatic heterocycles. The number of hydrogen-bond acceptors (Lipinski definition) is 3. The van der Waals surface area contributed by atoms with Crippen molar-refractivity contribution < 1.29 is 14.0 Å². The Morgan fingerprint density at radius 1 is 1.00 bits per heavy atom. The second-order valence-corrected chi connectivity index (χ2v) is 8.58. The first-order valence-corrected chi connectivity index (χ1v) is 11.0. The summed E-state index contributed by atoms with van der Waals surface area (Å²) in [4.78, 5) is 25.3. The molecule has 1 aliphatic carbocycles. The Bertz CT molecular complexity index is 1090. The molecule has 0 radical (unpaired) electrons. The Kier molecular flexibility index (Phi) is 6.62. The van der Waals surface area contributed by atoms with Crippen LogP contribution in [0.3, 0.4) is 0 Å². The minimum Gasteiger partial charge on any atom is -0.299 e. The van der Waals surface area contributed by atoms with Gasteiger partial charge in [-0.15, -0.1) is 0 Å². The number of ketones is 2. The topological polar surface area (TPSA) is 52.0 Å². The summed E-state index contributed by atoms with van der Waals surface area (Å²) in [5.74, 6) is 0.153. The van der Waals surface area contributed by atoms with E-state index in [9.17, 15) is 14.0 Å². The van der Waals surface area contributed by atoms with E-state index in [-0.39, 0.29) is 35.6 Å². The van der Waals surface area contributed by atoms with Gasteiger partial charge in [-0.25, -0.2) is 9.07 Å². The van der Waals surface area contributed by atoms with Gasteiger partial charge < -0.3 is 0 Å². The van der Waals surface area contributed by atoms with Crippen molar-refractivity contribution in [1.29, 1.82) is 0 Å². The number of hydrogen-bond donors (Lipinski definition) is 0. The minimum absolute atomic E-state index is 0.00900. The molecule has 0 aliphatic heterocycles. The van der Waals surface area contributed by atoms with Crippen molar-refractivity contribution in [3.8, 4) is 5.69 Å². The van der Waals surface area contributed by atoms with E-state index >= 15 is 0 Å². The zero-order chi connectivity index (χ0) is 21.8. The molecule has 1 heterocycles. The second kappa shape index (κ2) is 9.56. The Morgan fingerprint density at radius 3 is 2.45 bits per heavy atom. The number of carbonyl (C=O) groups is 2. The van der Waals surface area contributed by atoms with Crippen molar-refractivity contribution in [2.45, 2.75) is 38.5 Å². The quantitative estimate of drug-likeness (QED) is 0.434. The lowest BCUT2D eigenvalue weighted by Crippen LogP contribution is -2.24. The Labute approximate surface area is 186 Å². The Balaban J connectivity index is 1.29. The van der Waals surface area contributed by atoms with E-state index in [4.69, 9.17) is 11.6 Å². The standard InChI is InChI=1S/C25H24ClFN2O2/c26-21-6-2-1-5-20(21)25(31)15-17-9-11-18(12-10-17)24(30)16-19-13-14-29(28-19)23-8-4-3-7-22(23)27/h1-8,13-14,17-18H,9-12,15-16H2. The number of aromatic nitrogens is 2. The fourth-order valence-corrected chi connectivity index (χ4v) is 4.54. The van der Waals surface area contributed by atoms with Crippen LogP contribution in [0.1, 0.15) is 48.2 Å². The van der Waals surface area contributed by atoms with Gasteiger partial charge in [0.05, 0.1) is 17.1 Å². The normalized spacial score (nSPS) is 18.6. The molecule has 160 valence electrons. The third kappa shape index (κ3) is 5.10. The van der Waals surface area contributed by atoms with Crippen molar-refractivity contribution in [2.75, 3.05) is 0 Å². The van der Waals surface area contributed by atoms with E-state index in [2.05, 4.69) is 5.10 Å². The maximum Gasteiger partial charge on any atom is 0.164 e. The third-order valence-corrected chi connectivity index (χ3v) is 6.38. The zero-order valence-corrected chi connectivity index (χ0v) is 17.9. The molecule has 1 saturated carbocycles. The van der Waals surface area contributed by atoms with Crippen molar-refractivity contribution in [3.63, 3.8) is 0 Å². The van der Waals surface area contributed by atoms with E-state index in [1.54, 1.807) is 42.6 Å². The average Bonchev–Trinajstić information content (AvgIpc) is 3.23. The molecule has 6 heteroatoms. The lowest BCUT2D eigenvalue weighted by atomic mass is 9.77. The van der Waals surface area contributed by atoms with E-state index in [0.717, 1.165) is 25.7 Å². The fraction of sp³-hybridized carbons (Fsp3) is 0.320. The molecule has 1 fully saturated rings. The van der Waals surface area contributed by atoms with Gasteiger partial charge in [-0.3, -0.25) is 9.59 Å². The highest BCUT2D eigenvalue weighted by Crippen LogP contribution is 2.33. The van der Waals surface area contributed by atoms with Crippen molar-refractivity contribution in [2.24, 2.45) is 11.8 Å². The molecule has 0 atom stereocenters. The lowest BCUT2D eigenvalue weighted by molar-refractivity contribution is -0.123. The van der Waals surface area contributed by atoms with Crippen LogP contribution in [0.2, 0.25) is 5.02 Å². The number of Topliss-reactive ketones (excluding diaryl/α,β-unsaturated/α-hetero) is 2. The highest BCUT2D eigenvalue weighted by atomic mass is 35.5. The van der Waals surface area contributed by atoms with Crippen molar-refractivity contribution >= 4 is 23.2 Å². The van der Waals surface area contributed by atoms with Crippen LogP contribution >= 0.6 is 11.6 Å². The summed E-state index contributed by atoms with van der Waals surface area (Å²) in [6, 6.07) is 15.3. The van der Waals surface area contributed by atoms with Gasteiger partial charge in [-0.2, -0.15) is 5.10 Å². The summed E-state index contributed by atoms with van der Waals surface area (Å²) in [6.45, 7) is 0. The molecule has 0 N–H and O–H groups in total.